The summed E-state index contributed by atoms with van der Waals surface area (Å²) < 4.78 is 0. The van der Waals surface area contributed by atoms with Crippen LogP contribution in [-0.2, 0) is 6.54 Å². The van der Waals surface area contributed by atoms with Crippen LogP contribution in [0.25, 0.3) is 0 Å². The van der Waals surface area contributed by atoms with Gasteiger partial charge in [0.25, 0.3) is 0 Å². The molecular formula is C17H23ClN2O. The first-order chi connectivity index (χ1) is 9.79. The Kier molecular flexibility index (Phi) is 7.83. The third-order valence-electron chi connectivity index (χ3n) is 3.35. The van der Waals surface area contributed by atoms with Gasteiger partial charge in [-0.3, -0.25) is 0 Å². The van der Waals surface area contributed by atoms with Crippen LogP contribution in [0.4, 0.5) is 5.69 Å². The molecule has 0 aromatic heterocycles. The molecule has 0 aliphatic carbocycles. The molecule has 2 rings (SSSR count). The van der Waals surface area contributed by atoms with Crippen molar-refractivity contribution in [1.29, 1.82) is 0 Å². The van der Waals surface area contributed by atoms with Crippen LogP contribution >= 0.6 is 12.4 Å². The molecule has 21 heavy (non-hydrogen) atoms. The highest BCUT2D eigenvalue weighted by Crippen LogP contribution is 2.18. The van der Waals surface area contributed by atoms with Gasteiger partial charge in [-0.15, -0.1) is 12.4 Å². The Morgan fingerprint density at radius 1 is 1.00 bits per heavy atom. The fraction of sp³-hybridized carbons (Fsp3) is 0.294. The maximum Gasteiger partial charge on any atom is 0.0431 e. The van der Waals surface area contributed by atoms with Crippen LogP contribution in [0, 0.1) is 0 Å². The predicted octanol–water partition coefficient (Wildman–Crippen LogP) is 3.49. The average molecular weight is 307 g/mol. The molecule has 114 valence electrons. The van der Waals surface area contributed by atoms with Crippen molar-refractivity contribution in [3.05, 3.63) is 65.7 Å². The van der Waals surface area contributed by atoms with Crippen LogP contribution in [0.3, 0.4) is 0 Å². The number of nitrogens with two attached hydrogens (primary N) is 1. The second-order valence-electron chi connectivity index (χ2n) is 4.93. The summed E-state index contributed by atoms with van der Waals surface area (Å²) in [7, 11) is 0. The third kappa shape index (κ3) is 5.76. The van der Waals surface area contributed by atoms with E-state index < -0.39 is 0 Å². The zero-order chi connectivity index (χ0) is 14.2. The number of aliphatic hydroxyl groups is 1. The topological polar surface area (TPSA) is 58.3 Å². The lowest BCUT2D eigenvalue weighted by molar-refractivity contribution is 0.280. The SMILES string of the molecule is Cl.N[C@@H](CCCO)c1ccc(NCc2ccccc2)cc1. The zero-order valence-electron chi connectivity index (χ0n) is 12.0. The Morgan fingerprint density at radius 2 is 1.67 bits per heavy atom. The van der Waals surface area contributed by atoms with Crippen molar-refractivity contribution in [2.75, 3.05) is 11.9 Å². The molecule has 0 aliphatic rings. The predicted molar refractivity (Wildman–Crippen MR) is 90.7 cm³/mol. The Hall–Kier alpha value is -1.55. The summed E-state index contributed by atoms with van der Waals surface area (Å²) in [4.78, 5) is 0. The van der Waals surface area contributed by atoms with E-state index in [1.165, 1.54) is 5.56 Å². The molecule has 0 heterocycles. The maximum atomic E-state index is 8.82. The number of hydrogen-bond acceptors (Lipinski definition) is 3. The molecule has 0 spiro atoms. The van der Waals surface area contributed by atoms with Gasteiger partial charge in [0.15, 0.2) is 0 Å². The lowest BCUT2D eigenvalue weighted by Gasteiger charge is -2.12. The van der Waals surface area contributed by atoms with E-state index in [2.05, 4.69) is 41.7 Å². The molecule has 2 aromatic rings. The van der Waals surface area contributed by atoms with Crippen molar-refractivity contribution in [3.63, 3.8) is 0 Å². The first-order valence-electron chi connectivity index (χ1n) is 7.04. The van der Waals surface area contributed by atoms with Gasteiger partial charge in [-0.05, 0) is 36.1 Å². The van der Waals surface area contributed by atoms with E-state index in [1.807, 2.05) is 18.2 Å². The minimum atomic E-state index is 0. The molecule has 0 aliphatic heterocycles. The normalized spacial score (nSPS) is 11.5. The number of anilines is 1. The molecule has 0 amide bonds. The van der Waals surface area contributed by atoms with Crippen molar-refractivity contribution >= 4 is 18.1 Å². The van der Waals surface area contributed by atoms with Crippen molar-refractivity contribution in [3.8, 4) is 0 Å². The minimum absolute atomic E-state index is 0. The van der Waals surface area contributed by atoms with E-state index in [9.17, 15) is 0 Å². The van der Waals surface area contributed by atoms with Gasteiger partial charge < -0.3 is 16.2 Å². The van der Waals surface area contributed by atoms with E-state index in [0.717, 1.165) is 30.6 Å². The lowest BCUT2D eigenvalue weighted by Crippen LogP contribution is -2.10. The number of benzene rings is 2. The highest BCUT2D eigenvalue weighted by molar-refractivity contribution is 5.85. The molecule has 0 saturated carbocycles. The molecule has 0 saturated heterocycles. The van der Waals surface area contributed by atoms with E-state index in [1.54, 1.807) is 0 Å². The second-order valence-corrected chi connectivity index (χ2v) is 4.93. The summed E-state index contributed by atoms with van der Waals surface area (Å²) >= 11 is 0. The molecular weight excluding hydrogens is 284 g/mol. The quantitative estimate of drug-likeness (QED) is 0.734. The van der Waals surface area contributed by atoms with Crippen molar-refractivity contribution in [1.82, 2.24) is 0 Å². The molecule has 1 atom stereocenters. The molecule has 3 nitrogen and oxygen atoms in total. The van der Waals surface area contributed by atoms with E-state index in [0.29, 0.717) is 0 Å². The van der Waals surface area contributed by atoms with Gasteiger partial charge in [0.1, 0.15) is 0 Å². The van der Waals surface area contributed by atoms with Gasteiger partial charge in [0, 0.05) is 24.9 Å². The fourth-order valence-corrected chi connectivity index (χ4v) is 2.13. The molecule has 2 aromatic carbocycles. The summed E-state index contributed by atoms with van der Waals surface area (Å²) in [6, 6.07) is 18.5. The smallest absolute Gasteiger partial charge is 0.0431 e. The summed E-state index contributed by atoms with van der Waals surface area (Å²) in [6.45, 7) is 1.02. The minimum Gasteiger partial charge on any atom is -0.396 e. The molecule has 0 bridgehead atoms. The van der Waals surface area contributed by atoms with Crippen LogP contribution in [0.2, 0.25) is 0 Å². The number of halogens is 1. The first kappa shape index (κ1) is 17.5. The van der Waals surface area contributed by atoms with Crippen LogP contribution in [0.5, 0.6) is 0 Å². The number of nitrogens with one attached hydrogen (secondary N) is 1. The van der Waals surface area contributed by atoms with Gasteiger partial charge >= 0.3 is 0 Å². The van der Waals surface area contributed by atoms with Crippen LogP contribution in [0.1, 0.15) is 30.0 Å². The van der Waals surface area contributed by atoms with Gasteiger partial charge in [-0.2, -0.15) is 0 Å². The summed E-state index contributed by atoms with van der Waals surface area (Å²) in [6.07, 6.45) is 1.56. The average Bonchev–Trinajstić information content (AvgIpc) is 2.52. The standard InChI is InChI=1S/C17H22N2O.ClH/c18-17(7-4-12-20)15-8-10-16(11-9-15)19-13-14-5-2-1-3-6-14;/h1-3,5-6,8-11,17,19-20H,4,7,12-13,18H2;1H/t17-;/m0./s1. The Morgan fingerprint density at radius 3 is 2.29 bits per heavy atom. The van der Waals surface area contributed by atoms with Gasteiger partial charge in [0.05, 0.1) is 0 Å². The number of hydrogen-bond donors (Lipinski definition) is 3. The Labute approximate surface area is 132 Å². The lowest BCUT2D eigenvalue weighted by atomic mass is 10.0. The Bertz CT molecular complexity index is 502. The third-order valence-corrected chi connectivity index (χ3v) is 3.35. The zero-order valence-corrected chi connectivity index (χ0v) is 12.9. The number of rotatable bonds is 7. The second kappa shape index (κ2) is 9.40. The summed E-state index contributed by atoms with van der Waals surface area (Å²) in [5, 5.41) is 12.2. The first-order valence-corrected chi connectivity index (χ1v) is 7.04. The van der Waals surface area contributed by atoms with Crippen LogP contribution in [-0.4, -0.2) is 11.7 Å². The largest absolute Gasteiger partial charge is 0.396 e. The fourth-order valence-electron chi connectivity index (χ4n) is 2.13. The highest BCUT2D eigenvalue weighted by atomic mass is 35.5. The molecule has 0 fully saturated rings. The molecule has 0 unspecified atom stereocenters. The maximum absolute atomic E-state index is 8.82. The van der Waals surface area contributed by atoms with Crippen molar-refractivity contribution < 1.29 is 5.11 Å². The van der Waals surface area contributed by atoms with Crippen LogP contribution < -0.4 is 11.1 Å². The van der Waals surface area contributed by atoms with Gasteiger partial charge in [-0.25, -0.2) is 0 Å². The molecule has 4 N–H and O–H groups in total. The van der Waals surface area contributed by atoms with E-state index in [-0.39, 0.29) is 25.1 Å². The van der Waals surface area contributed by atoms with Crippen molar-refractivity contribution in [2.45, 2.75) is 25.4 Å². The molecule has 0 radical (unpaired) electrons. The van der Waals surface area contributed by atoms with E-state index >= 15 is 0 Å². The van der Waals surface area contributed by atoms with Crippen molar-refractivity contribution in [2.24, 2.45) is 5.73 Å². The van der Waals surface area contributed by atoms with Gasteiger partial charge in [-0.1, -0.05) is 42.5 Å². The highest BCUT2D eigenvalue weighted by Gasteiger charge is 2.05. The van der Waals surface area contributed by atoms with Crippen LogP contribution in [0.15, 0.2) is 54.6 Å². The summed E-state index contributed by atoms with van der Waals surface area (Å²) in [5.74, 6) is 0. The monoisotopic (exact) mass is 306 g/mol. The summed E-state index contributed by atoms with van der Waals surface area (Å²) in [5.41, 5.74) is 9.53. The Balaban J connectivity index is 0.00000220. The van der Waals surface area contributed by atoms with Gasteiger partial charge in [0.2, 0.25) is 0 Å². The molecule has 4 heteroatoms. The van der Waals surface area contributed by atoms with E-state index in [4.69, 9.17) is 10.8 Å². The number of aliphatic hydroxyl groups excluding tert-OH is 1.